The minimum absolute atomic E-state index is 0.481. The summed E-state index contributed by atoms with van der Waals surface area (Å²) in [6.07, 6.45) is 7.73. The lowest BCUT2D eigenvalue weighted by molar-refractivity contribution is 0.317. The van der Waals surface area contributed by atoms with Crippen molar-refractivity contribution in [3.63, 3.8) is 0 Å². The molecular formula is C12H18ClN3. The molecule has 0 spiro atoms. The first-order valence-electron chi connectivity index (χ1n) is 5.95. The van der Waals surface area contributed by atoms with Crippen LogP contribution in [-0.4, -0.2) is 23.1 Å². The van der Waals surface area contributed by atoms with Crippen molar-refractivity contribution >= 4 is 17.5 Å². The fourth-order valence-electron chi connectivity index (χ4n) is 1.92. The molecule has 4 heteroatoms. The Labute approximate surface area is 102 Å². The van der Waals surface area contributed by atoms with Crippen LogP contribution in [0.5, 0.6) is 0 Å². The first kappa shape index (κ1) is 11.6. The predicted molar refractivity (Wildman–Crippen MR) is 66.8 cm³/mol. The summed E-state index contributed by atoms with van der Waals surface area (Å²) in [5.41, 5.74) is 0.977. The van der Waals surface area contributed by atoms with Gasteiger partial charge in [0.2, 0.25) is 5.95 Å². The monoisotopic (exact) mass is 239 g/mol. The number of aromatic nitrogens is 2. The molecule has 1 aromatic heterocycles. The highest BCUT2D eigenvalue weighted by atomic mass is 35.5. The number of halogens is 1. The van der Waals surface area contributed by atoms with Gasteiger partial charge in [-0.2, -0.15) is 0 Å². The van der Waals surface area contributed by atoms with Crippen molar-refractivity contribution in [3.05, 3.63) is 18.0 Å². The zero-order valence-electron chi connectivity index (χ0n) is 9.69. The van der Waals surface area contributed by atoms with Gasteiger partial charge in [-0.15, -0.1) is 11.6 Å². The molecule has 0 N–H and O–H groups in total. The summed E-state index contributed by atoms with van der Waals surface area (Å²) in [5.74, 6) is 2.16. The largest absolute Gasteiger partial charge is 0.341 e. The summed E-state index contributed by atoms with van der Waals surface area (Å²) in [7, 11) is 0. The van der Waals surface area contributed by atoms with E-state index in [2.05, 4.69) is 21.8 Å². The van der Waals surface area contributed by atoms with Crippen LogP contribution in [0, 0.1) is 5.92 Å². The van der Waals surface area contributed by atoms with Crippen molar-refractivity contribution < 1.29 is 0 Å². The Morgan fingerprint density at radius 1 is 1.38 bits per heavy atom. The van der Waals surface area contributed by atoms with Crippen LogP contribution < -0.4 is 4.90 Å². The molecule has 2 rings (SSSR count). The van der Waals surface area contributed by atoms with Crippen LogP contribution in [-0.2, 0) is 5.88 Å². The Bertz CT molecular complexity index is 322. The van der Waals surface area contributed by atoms with E-state index in [4.69, 9.17) is 11.6 Å². The van der Waals surface area contributed by atoms with Crippen LogP contribution in [0.25, 0.3) is 0 Å². The lowest BCUT2D eigenvalue weighted by atomic mass is 9.85. The van der Waals surface area contributed by atoms with Crippen LogP contribution in [0.4, 0.5) is 5.95 Å². The Hall–Kier alpha value is -0.830. The molecule has 3 nitrogen and oxygen atoms in total. The average Bonchev–Trinajstić information content (AvgIpc) is 2.28. The highest BCUT2D eigenvalue weighted by Crippen LogP contribution is 2.27. The standard InChI is InChI=1S/C12H18ClN3/c1-2-16(9-10-4-3-5-10)12-14-7-11(6-13)8-15-12/h7-8,10H,2-6,9H2,1H3. The SMILES string of the molecule is CCN(CC1CCC1)c1ncc(CCl)cn1. The van der Waals surface area contributed by atoms with Gasteiger partial charge >= 0.3 is 0 Å². The molecule has 1 heterocycles. The molecule has 1 aliphatic rings. The summed E-state index contributed by atoms with van der Waals surface area (Å²) in [6, 6.07) is 0. The molecule has 0 bridgehead atoms. The van der Waals surface area contributed by atoms with E-state index in [9.17, 15) is 0 Å². The topological polar surface area (TPSA) is 29.0 Å². The second-order valence-electron chi connectivity index (χ2n) is 4.36. The van der Waals surface area contributed by atoms with Crippen LogP contribution in [0.15, 0.2) is 12.4 Å². The third kappa shape index (κ3) is 2.64. The first-order valence-corrected chi connectivity index (χ1v) is 6.48. The Morgan fingerprint density at radius 3 is 2.50 bits per heavy atom. The van der Waals surface area contributed by atoms with Gasteiger partial charge in [-0.1, -0.05) is 6.42 Å². The van der Waals surface area contributed by atoms with Gasteiger partial charge in [-0.05, 0) is 25.7 Å². The van der Waals surface area contributed by atoms with Gasteiger partial charge in [-0.3, -0.25) is 0 Å². The molecule has 1 aliphatic carbocycles. The van der Waals surface area contributed by atoms with Gasteiger partial charge in [0.1, 0.15) is 0 Å². The summed E-state index contributed by atoms with van der Waals surface area (Å²) in [5, 5.41) is 0. The Kier molecular flexibility index (Phi) is 3.99. The van der Waals surface area contributed by atoms with E-state index in [1.807, 2.05) is 12.4 Å². The third-order valence-electron chi connectivity index (χ3n) is 3.21. The predicted octanol–water partition coefficient (Wildman–Crippen LogP) is 2.84. The Morgan fingerprint density at radius 2 is 2.06 bits per heavy atom. The zero-order valence-corrected chi connectivity index (χ0v) is 10.5. The second kappa shape index (κ2) is 5.48. The van der Waals surface area contributed by atoms with Gasteiger partial charge in [0.05, 0.1) is 5.88 Å². The minimum atomic E-state index is 0.481. The van der Waals surface area contributed by atoms with E-state index in [1.165, 1.54) is 19.3 Å². The Balaban J connectivity index is 2.00. The maximum Gasteiger partial charge on any atom is 0.225 e. The first-order chi connectivity index (χ1) is 7.83. The molecule has 88 valence electrons. The van der Waals surface area contributed by atoms with Crippen LogP contribution in [0.3, 0.4) is 0 Å². The van der Waals surface area contributed by atoms with Gasteiger partial charge in [-0.25, -0.2) is 9.97 Å². The molecule has 1 aromatic rings. The molecule has 0 aliphatic heterocycles. The zero-order chi connectivity index (χ0) is 11.4. The maximum atomic E-state index is 5.72. The van der Waals surface area contributed by atoms with Gasteiger partial charge in [0.25, 0.3) is 0 Å². The van der Waals surface area contributed by atoms with Crippen molar-refractivity contribution in [2.45, 2.75) is 32.1 Å². The molecule has 0 aromatic carbocycles. The quantitative estimate of drug-likeness (QED) is 0.740. The lowest BCUT2D eigenvalue weighted by Crippen LogP contribution is -2.33. The number of alkyl halides is 1. The smallest absolute Gasteiger partial charge is 0.225 e. The van der Waals surface area contributed by atoms with Crippen LogP contribution >= 0.6 is 11.6 Å². The molecule has 0 radical (unpaired) electrons. The van der Waals surface area contributed by atoms with Crippen LogP contribution in [0.1, 0.15) is 31.7 Å². The van der Waals surface area contributed by atoms with Gasteiger partial charge < -0.3 is 4.90 Å². The molecule has 0 atom stereocenters. The minimum Gasteiger partial charge on any atom is -0.341 e. The van der Waals surface area contributed by atoms with Crippen LogP contribution in [0.2, 0.25) is 0 Å². The maximum absolute atomic E-state index is 5.72. The summed E-state index contributed by atoms with van der Waals surface area (Å²) in [6.45, 7) is 4.21. The van der Waals surface area contributed by atoms with Gasteiger partial charge in [0, 0.05) is 31.0 Å². The normalized spacial score (nSPS) is 15.9. The van der Waals surface area contributed by atoms with E-state index in [0.717, 1.165) is 30.5 Å². The van der Waals surface area contributed by atoms with E-state index in [1.54, 1.807) is 0 Å². The van der Waals surface area contributed by atoms with E-state index < -0.39 is 0 Å². The molecule has 16 heavy (non-hydrogen) atoms. The van der Waals surface area contributed by atoms with Crippen molar-refractivity contribution in [3.8, 4) is 0 Å². The summed E-state index contributed by atoms with van der Waals surface area (Å²) < 4.78 is 0. The van der Waals surface area contributed by atoms with Crippen molar-refractivity contribution in [1.82, 2.24) is 9.97 Å². The highest BCUT2D eigenvalue weighted by molar-refractivity contribution is 6.17. The van der Waals surface area contributed by atoms with Crippen molar-refractivity contribution in [1.29, 1.82) is 0 Å². The lowest BCUT2D eigenvalue weighted by Gasteiger charge is -2.31. The summed E-state index contributed by atoms with van der Waals surface area (Å²) in [4.78, 5) is 11.0. The molecule has 1 saturated carbocycles. The second-order valence-corrected chi connectivity index (χ2v) is 4.63. The molecule has 0 saturated heterocycles. The number of nitrogens with zero attached hydrogens (tertiary/aromatic N) is 3. The molecule has 0 amide bonds. The van der Waals surface area contributed by atoms with Gasteiger partial charge in [0.15, 0.2) is 0 Å². The highest BCUT2D eigenvalue weighted by Gasteiger charge is 2.21. The van der Waals surface area contributed by atoms with Crippen molar-refractivity contribution in [2.24, 2.45) is 5.92 Å². The number of anilines is 1. The number of hydrogen-bond donors (Lipinski definition) is 0. The molecular weight excluding hydrogens is 222 g/mol. The average molecular weight is 240 g/mol. The fourth-order valence-corrected chi connectivity index (χ4v) is 2.06. The molecule has 1 fully saturated rings. The number of rotatable bonds is 5. The van der Waals surface area contributed by atoms with E-state index in [0.29, 0.717) is 5.88 Å². The summed E-state index contributed by atoms with van der Waals surface area (Å²) >= 11 is 5.72. The van der Waals surface area contributed by atoms with Crippen molar-refractivity contribution in [2.75, 3.05) is 18.0 Å². The number of hydrogen-bond acceptors (Lipinski definition) is 3. The molecule has 0 unspecified atom stereocenters. The van der Waals surface area contributed by atoms with E-state index in [-0.39, 0.29) is 0 Å². The van der Waals surface area contributed by atoms with E-state index >= 15 is 0 Å². The third-order valence-corrected chi connectivity index (χ3v) is 3.52. The fraction of sp³-hybridized carbons (Fsp3) is 0.667.